The van der Waals surface area contributed by atoms with Crippen LogP contribution in [0.2, 0.25) is 0 Å². The topological polar surface area (TPSA) is 78.4 Å². The maximum atomic E-state index is 12.3. The normalized spacial score (nSPS) is 19.1. The summed E-state index contributed by atoms with van der Waals surface area (Å²) in [5.41, 5.74) is 1.90. The number of aliphatic imine (C=N–C) groups is 1. The van der Waals surface area contributed by atoms with Gasteiger partial charge in [0.05, 0.1) is 19.3 Å². The molecule has 0 saturated heterocycles. The van der Waals surface area contributed by atoms with Gasteiger partial charge in [-0.1, -0.05) is 6.07 Å². The largest absolute Gasteiger partial charge is 0.468 e. The lowest BCUT2D eigenvalue weighted by Crippen LogP contribution is -2.33. The Kier molecular flexibility index (Phi) is 4.10. The molecular formula is C16H18N2O5. The number of amidine groups is 1. The third kappa shape index (κ3) is 2.81. The summed E-state index contributed by atoms with van der Waals surface area (Å²) in [5.74, 6) is 0.909. The van der Waals surface area contributed by atoms with Gasteiger partial charge in [-0.25, -0.2) is 9.79 Å². The van der Waals surface area contributed by atoms with Gasteiger partial charge in [0.2, 0.25) is 6.79 Å². The summed E-state index contributed by atoms with van der Waals surface area (Å²) >= 11 is 0. The number of hydrogen-bond acceptors (Lipinski definition) is 7. The van der Waals surface area contributed by atoms with Crippen molar-refractivity contribution >= 4 is 12.0 Å². The highest BCUT2D eigenvalue weighted by Gasteiger charge is 2.31. The second kappa shape index (κ2) is 6.20. The van der Waals surface area contributed by atoms with Crippen LogP contribution in [0.5, 0.6) is 11.5 Å². The van der Waals surface area contributed by atoms with Gasteiger partial charge in [0.15, 0.2) is 11.5 Å². The van der Waals surface area contributed by atoms with Crippen molar-refractivity contribution in [1.29, 1.82) is 0 Å². The summed E-state index contributed by atoms with van der Waals surface area (Å²) < 4.78 is 21.1. The number of esters is 1. The van der Waals surface area contributed by atoms with E-state index in [1.807, 2.05) is 12.1 Å². The Morgan fingerprint density at radius 2 is 2.17 bits per heavy atom. The number of hydrogen-bond donors (Lipinski definition) is 1. The quantitative estimate of drug-likeness (QED) is 0.858. The van der Waals surface area contributed by atoms with Crippen molar-refractivity contribution in [1.82, 2.24) is 5.32 Å². The van der Waals surface area contributed by atoms with Crippen LogP contribution in [-0.4, -0.2) is 32.5 Å². The Morgan fingerprint density at radius 3 is 2.91 bits per heavy atom. The van der Waals surface area contributed by atoms with Crippen LogP contribution in [0.15, 0.2) is 34.5 Å². The molecule has 1 aromatic carbocycles. The molecular weight excluding hydrogens is 300 g/mol. The minimum atomic E-state index is -0.528. The van der Waals surface area contributed by atoms with E-state index in [9.17, 15) is 4.79 Å². The van der Waals surface area contributed by atoms with Gasteiger partial charge in [-0.3, -0.25) is 0 Å². The predicted molar refractivity (Wildman–Crippen MR) is 82.2 cm³/mol. The molecule has 3 rings (SSSR count). The summed E-state index contributed by atoms with van der Waals surface area (Å²) in [6.45, 7) is 4.05. The molecule has 0 radical (unpaired) electrons. The zero-order valence-electron chi connectivity index (χ0n) is 13.2. The first-order chi connectivity index (χ1) is 11.1. The molecule has 1 atom stereocenters. The summed E-state index contributed by atoms with van der Waals surface area (Å²) in [6, 6.07) is 5.30. The van der Waals surface area contributed by atoms with Crippen molar-refractivity contribution in [2.24, 2.45) is 4.99 Å². The molecule has 7 nitrogen and oxygen atoms in total. The van der Waals surface area contributed by atoms with Crippen LogP contribution in [-0.2, 0) is 14.3 Å². The predicted octanol–water partition coefficient (Wildman–Crippen LogP) is 1.90. The van der Waals surface area contributed by atoms with Crippen molar-refractivity contribution in [3.05, 3.63) is 35.0 Å². The molecule has 2 aliphatic rings. The molecule has 2 heterocycles. The summed E-state index contributed by atoms with van der Waals surface area (Å²) in [5, 5.41) is 2.96. The monoisotopic (exact) mass is 318 g/mol. The van der Waals surface area contributed by atoms with Crippen LogP contribution >= 0.6 is 0 Å². The number of ether oxygens (including phenoxy) is 4. The van der Waals surface area contributed by atoms with Crippen LogP contribution in [0.4, 0.5) is 0 Å². The third-order valence-electron chi connectivity index (χ3n) is 3.62. The number of allylic oxidation sites excluding steroid dienone is 1. The minimum Gasteiger partial charge on any atom is -0.468 e. The Hall–Kier alpha value is -2.70. The average molecular weight is 318 g/mol. The van der Waals surface area contributed by atoms with E-state index in [1.165, 1.54) is 7.11 Å². The van der Waals surface area contributed by atoms with E-state index in [-0.39, 0.29) is 6.79 Å². The number of methoxy groups -OCH3 is 1. The number of carbonyl (C=O) groups excluding carboxylic acids is 1. The Morgan fingerprint density at radius 1 is 1.39 bits per heavy atom. The standard InChI is InChI=1S/C16H18N2O5/c1-4-21-15(19)13-9(2)17-16(20-3)18-14(13)10-5-6-11-12(7-10)23-8-22-11/h5-7,14H,4,8H2,1-3H3,(H,17,18). The molecule has 0 fully saturated rings. The SMILES string of the molecule is CCOC(=O)C1=C(C)NC(OC)=NC1c1ccc2c(c1)OCO2. The third-order valence-corrected chi connectivity index (χ3v) is 3.62. The first-order valence-electron chi connectivity index (χ1n) is 7.30. The van der Waals surface area contributed by atoms with E-state index in [0.717, 1.165) is 5.56 Å². The second-order valence-corrected chi connectivity index (χ2v) is 5.04. The molecule has 7 heteroatoms. The zero-order valence-corrected chi connectivity index (χ0v) is 13.2. The van der Waals surface area contributed by atoms with Gasteiger partial charge in [0.1, 0.15) is 6.04 Å². The molecule has 23 heavy (non-hydrogen) atoms. The lowest BCUT2D eigenvalue weighted by molar-refractivity contribution is -0.138. The number of nitrogens with zero attached hydrogens (tertiary/aromatic N) is 1. The summed E-state index contributed by atoms with van der Waals surface area (Å²) in [4.78, 5) is 16.8. The molecule has 0 amide bonds. The minimum absolute atomic E-state index is 0.192. The molecule has 2 aliphatic heterocycles. The number of fused-ring (bicyclic) bond motifs is 1. The lowest BCUT2D eigenvalue weighted by Gasteiger charge is -2.25. The molecule has 0 bridgehead atoms. The Labute approximate surface area is 133 Å². The lowest BCUT2D eigenvalue weighted by atomic mass is 9.96. The van der Waals surface area contributed by atoms with Gasteiger partial charge in [0, 0.05) is 5.70 Å². The first-order valence-corrected chi connectivity index (χ1v) is 7.30. The second-order valence-electron chi connectivity index (χ2n) is 5.04. The van der Waals surface area contributed by atoms with Gasteiger partial charge in [-0.15, -0.1) is 0 Å². The average Bonchev–Trinajstić information content (AvgIpc) is 3.01. The van der Waals surface area contributed by atoms with Gasteiger partial charge >= 0.3 is 5.97 Å². The van der Waals surface area contributed by atoms with E-state index < -0.39 is 12.0 Å². The maximum Gasteiger partial charge on any atom is 0.338 e. The first kappa shape index (κ1) is 15.2. The Bertz CT molecular complexity index is 696. The highest BCUT2D eigenvalue weighted by molar-refractivity contribution is 5.94. The fourth-order valence-corrected chi connectivity index (χ4v) is 2.55. The van der Waals surface area contributed by atoms with E-state index in [0.29, 0.717) is 35.4 Å². The van der Waals surface area contributed by atoms with E-state index in [4.69, 9.17) is 18.9 Å². The summed E-state index contributed by atoms with van der Waals surface area (Å²) in [7, 11) is 1.52. The number of nitrogens with one attached hydrogen (secondary N) is 1. The van der Waals surface area contributed by atoms with Crippen LogP contribution in [0.3, 0.4) is 0 Å². The molecule has 1 unspecified atom stereocenters. The molecule has 0 saturated carbocycles. The summed E-state index contributed by atoms with van der Waals surface area (Å²) in [6.07, 6.45) is 0. The van der Waals surface area contributed by atoms with Crippen LogP contribution in [0.25, 0.3) is 0 Å². The molecule has 0 aliphatic carbocycles. The fourth-order valence-electron chi connectivity index (χ4n) is 2.55. The van der Waals surface area contributed by atoms with Crippen LogP contribution in [0, 0.1) is 0 Å². The van der Waals surface area contributed by atoms with Crippen molar-refractivity contribution in [3.63, 3.8) is 0 Å². The van der Waals surface area contributed by atoms with Gasteiger partial charge in [-0.2, -0.15) is 0 Å². The van der Waals surface area contributed by atoms with E-state index in [2.05, 4.69) is 10.3 Å². The maximum absolute atomic E-state index is 12.3. The van der Waals surface area contributed by atoms with Gasteiger partial charge < -0.3 is 24.3 Å². The molecule has 122 valence electrons. The van der Waals surface area contributed by atoms with Crippen molar-refractivity contribution < 1.29 is 23.7 Å². The van der Waals surface area contributed by atoms with Crippen LogP contribution < -0.4 is 14.8 Å². The highest BCUT2D eigenvalue weighted by atomic mass is 16.7. The van der Waals surface area contributed by atoms with Gasteiger partial charge in [-0.05, 0) is 31.5 Å². The van der Waals surface area contributed by atoms with Gasteiger partial charge in [0.25, 0.3) is 6.02 Å². The van der Waals surface area contributed by atoms with E-state index >= 15 is 0 Å². The number of rotatable bonds is 3. The van der Waals surface area contributed by atoms with Crippen molar-refractivity contribution in [3.8, 4) is 11.5 Å². The molecule has 0 spiro atoms. The van der Waals surface area contributed by atoms with E-state index in [1.54, 1.807) is 19.9 Å². The number of carbonyl (C=O) groups is 1. The molecule has 0 aromatic heterocycles. The van der Waals surface area contributed by atoms with Crippen molar-refractivity contribution in [2.75, 3.05) is 20.5 Å². The Balaban J connectivity index is 2.02. The fraction of sp³-hybridized carbons (Fsp3) is 0.375. The smallest absolute Gasteiger partial charge is 0.338 e. The zero-order chi connectivity index (χ0) is 16.4. The van der Waals surface area contributed by atoms with Crippen LogP contribution in [0.1, 0.15) is 25.5 Å². The molecule has 1 aromatic rings. The highest BCUT2D eigenvalue weighted by Crippen LogP contribution is 2.38. The molecule has 1 N–H and O–H groups in total. The number of benzene rings is 1. The van der Waals surface area contributed by atoms with Crippen molar-refractivity contribution in [2.45, 2.75) is 19.9 Å².